The Morgan fingerprint density at radius 3 is 2.52 bits per heavy atom. The summed E-state index contributed by atoms with van der Waals surface area (Å²) in [5, 5.41) is 9.93. The van der Waals surface area contributed by atoms with Gasteiger partial charge in [0.25, 0.3) is 11.5 Å². The van der Waals surface area contributed by atoms with Crippen molar-refractivity contribution in [1.29, 1.82) is 0 Å². The summed E-state index contributed by atoms with van der Waals surface area (Å²) in [6, 6.07) is 9.73. The summed E-state index contributed by atoms with van der Waals surface area (Å²) in [6.45, 7) is 14.4. The highest BCUT2D eigenvalue weighted by Gasteiger charge is 2.26. The van der Waals surface area contributed by atoms with E-state index in [1.807, 2.05) is 57.3 Å². The first-order valence-electron chi connectivity index (χ1n) is 15.1. The Morgan fingerprint density at radius 1 is 1.07 bits per heavy atom. The van der Waals surface area contributed by atoms with Gasteiger partial charge in [-0.1, -0.05) is 6.58 Å². The molecule has 3 aromatic rings. The molecule has 0 radical (unpaired) electrons. The molecule has 0 aliphatic carbocycles. The van der Waals surface area contributed by atoms with Crippen molar-refractivity contribution in [3.05, 3.63) is 87.5 Å². The fourth-order valence-electron chi connectivity index (χ4n) is 5.81. The predicted molar refractivity (Wildman–Crippen MR) is 175 cm³/mol. The standard InChI is InChI=1S/C33H42N8O3/c1-6-31(42)41-10-9-25(20-41)38-29-17-26(37-24-7-8-30(34-18-24)40-13-11-39(5)12-14-40)16-27(23(29)4)32(43)35-19-28-21(2)15-22(3)36-33(28)44/h6-8,15-18,25,37-38H,1,9-14,19-20H2,2-5H3,(H,35,43)(H,36,44). The van der Waals surface area contributed by atoms with Crippen LogP contribution in [0.2, 0.25) is 0 Å². The Labute approximate surface area is 258 Å². The van der Waals surface area contributed by atoms with Crippen molar-refractivity contribution in [2.75, 3.05) is 61.8 Å². The van der Waals surface area contributed by atoms with Gasteiger partial charge in [0.15, 0.2) is 0 Å². The molecule has 4 N–H and O–H groups in total. The maximum atomic E-state index is 13.6. The van der Waals surface area contributed by atoms with Gasteiger partial charge in [0.2, 0.25) is 5.91 Å². The smallest absolute Gasteiger partial charge is 0.253 e. The summed E-state index contributed by atoms with van der Waals surface area (Å²) < 4.78 is 0. The van der Waals surface area contributed by atoms with Gasteiger partial charge in [0, 0.05) is 80.1 Å². The molecule has 0 saturated carbocycles. The number of H-pyrrole nitrogens is 1. The second-order valence-corrected chi connectivity index (χ2v) is 11.8. The van der Waals surface area contributed by atoms with Crippen molar-refractivity contribution in [1.82, 2.24) is 25.1 Å². The largest absolute Gasteiger partial charge is 0.380 e. The number of amides is 2. The number of anilines is 4. The minimum absolute atomic E-state index is 0.0297. The van der Waals surface area contributed by atoms with E-state index in [9.17, 15) is 14.4 Å². The van der Waals surface area contributed by atoms with Crippen molar-refractivity contribution in [3.8, 4) is 0 Å². The molecule has 44 heavy (non-hydrogen) atoms. The molecule has 1 unspecified atom stereocenters. The molecule has 11 heteroatoms. The predicted octanol–water partition coefficient (Wildman–Crippen LogP) is 3.32. The highest BCUT2D eigenvalue weighted by Crippen LogP contribution is 2.29. The Hall–Kier alpha value is -4.64. The number of nitrogens with zero attached hydrogens (tertiary/aromatic N) is 4. The summed E-state index contributed by atoms with van der Waals surface area (Å²) in [5.41, 5.74) is 5.51. The molecule has 2 aliphatic heterocycles. The van der Waals surface area contributed by atoms with E-state index < -0.39 is 0 Å². The zero-order valence-corrected chi connectivity index (χ0v) is 26.0. The lowest BCUT2D eigenvalue weighted by molar-refractivity contribution is -0.125. The normalized spacial score (nSPS) is 17.0. The van der Waals surface area contributed by atoms with Gasteiger partial charge in [-0.25, -0.2) is 4.98 Å². The van der Waals surface area contributed by atoms with Crippen molar-refractivity contribution in [3.63, 3.8) is 0 Å². The van der Waals surface area contributed by atoms with E-state index >= 15 is 0 Å². The van der Waals surface area contributed by atoms with Gasteiger partial charge in [-0.15, -0.1) is 0 Å². The van der Waals surface area contributed by atoms with Crippen LogP contribution in [0.5, 0.6) is 0 Å². The Kier molecular flexibility index (Phi) is 9.34. The minimum Gasteiger partial charge on any atom is -0.380 e. The fourth-order valence-corrected chi connectivity index (χ4v) is 5.81. The van der Waals surface area contributed by atoms with Crippen LogP contribution in [-0.2, 0) is 11.3 Å². The molecule has 1 atom stereocenters. The highest BCUT2D eigenvalue weighted by molar-refractivity contribution is 5.98. The van der Waals surface area contributed by atoms with E-state index in [1.54, 1.807) is 4.90 Å². The van der Waals surface area contributed by atoms with Crippen LogP contribution in [0.3, 0.4) is 0 Å². The fraction of sp³-hybridized carbons (Fsp3) is 0.394. The van der Waals surface area contributed by atoms with Gasteiger partial charge in [0.05, 0.1) is 11.9 Å². The van der Waals surface area contributed by atoms with Crippen LogP contribution in [-0.4, -0.2) is 83.9 Å². The number of carbonyl (C=O) groups is 2. The Bertz CT molecular complexity index is 1590. The van der Waals surface area contributed by atoms with E-state index in [2.05, 4.69) is 44.4 Å². The number of carbonyl (C=O) groups excluding carboxylic acids is 2. The lowest BCUT2D eigenvalue weighted by Gasteiger charge is -2.33. The van der Waals surface area contributed by atoms with Crippen molar-refractivity contribution in [2.45, 2.75) is 39.8 Å². The molecular weight excluding hydrogens is 556 g/mol. The number of aromatic nitrogens is 2. The second-order valence-electron chi connectivity index (χ2n) is 11.8. The highest BCUT2D eigenvalue weighted by atomic mass is 16.2. The maximum absolute atomic E-state index is 13.6. The molecule has 0 bridgehead atoms. The summed E-state index contributed by atoms with van der Waals surface area (Å²) in [4.78, 5) is 52.1. The first-order valence-corrected chi connectivity index (χ1v) is 15.1. The number of hydrogen-bond donors (Lipinski definition) is 4. The SMILES string of the molecule is C=CC(=O)N1CCC(Nc2cc(Nc3ccc(N4CCN(C)CC4)nc3)cc(C(=O)NCc3c(C)cc(C)[nH]c3=O)c2C)C1. The minimum atomic E-state index is -0.285. The van der Waals surface area contributed by atoms with Crippen LogP contribution in [0, 0.1) is 20.8 Å². The second kappa shape index (κ2) is 13.3. The first kappa shape index (κ1) is 30.8. The molecule has 2 aliphatic rings. The number of rotatable bonds is 9. The van der Waals surface area contributed by atoms with Gasteiger partial charge in [-0.05, 0) is 81.8 Å². The summed E-state index contributed by atoms with van der Waals surface area (Å²) in [6.07, 6.45) is 3.93. The Morgan fingerprint density at radius 2 is 1.84 bits per heavy atom. The van der Waals surface area contributed by atoms with Crippen LogP contribution in [0.25, 0.3) is 0 Å². The molecule has 2 amide bonds. The molecule has 2 saturated heterocycles. The lowest BCUT2D eigenvalue weighted by Crippen LogP contribution is -2.44. The average molecular weight is 599 g/mol. The van der Waals surface area contributed by atoms with Crippen molar-refractivity contribution >= 4 is 34.7 Å². The average Bonchev–Trinajstić information content (AvgIpc) is 3.47. The molecule has 1 aromatic carbocycles. The molecule has 5 rings (SSSR count). The van der Waals surface area contributed by atoms with E-state index in [0.717, 1.165) is 72.3 Å². The van der Waals surface area contributed by atoms with E-state index in [0.29, 0.717) is 24.2 Å². The monoisotopic (exact) mass is 598 g/mol. The number of benzene rings is 1. The van der Waals surface area contributed by atoms with Gasteiger partial charge < -0.3 is 35.6 Å². The molecule has 2 aromatic heterocycles. The van der Waals surface area contributed by atoms with E-state index in [4.69, 9.17) is 4.98 Å². The van der Waals surface area contributed by atoms with Gasteiger partial charge in [0.1, 0.15) is 5.82 Å². The van der Waals surface area contributed by atoms with Crippen molar-refractivity contribution < 1.29 is 9.59 Å². The molecule has 232 valence electrons. The third-order valence-electron chi connectivity index (χ3n) is 8.47. The molecule has 4 heterocycles. The van der Waals surface area contributed by atoms with Crippen LogP contribution < -0.4 is 26.4 Å². The van der Waals surface area contributed by atoms with Crippen molar-refractivity contribution in [2.24, 2.45) is 0 Å². The van der Waals surface area contributed by atoms with Gasteiger partial charge in [-0.2, -0.15) is 0 Å². The number of aromatic amines is 1. The number of likely N-dealkylation sites (tertiary alicyclic amines) is 1. The number of pyridine rings is 2. The zero-order chi connectivity index (χ0) is 31.4. The third kappa shape index (κ3) is 7.11. The van der Waals surface area contributed by atoms with E-state index in [-0.39, 0.29) is 30.0 Å². The quantitative estimate of drug-likeness (QED) is 0.277. The lowest BCUT2D eigenvalue weighted by atomic mass is 10.0. The summed E-state index contributed by atoms with van der Waals surface area (Å²) in [5.74, 6) is 0.568. The zero-order valence-electron chi connectivity index (χ0n) is 26.0. The third-order valence-corrected chi connectivity index (χ3v) is 8.47. The van der Waals surface area contributed by atoms with Crippen LogP contribution in [0.1, 0.15) is 39.2 Å². The molecule has 11 nitrogen and oxygen atoms in total. The van der Waals surface area contributed by atoms with Crippen LogP contribution in [0.4, 0.5) is 22.9 Å². The topological polar surface area (TPSA) is 126 Å². The first-order chi connectivity index (χ1) is 21.1. The number of piperazine rings is 1. The molecule has 0 spiro atoms. The van der Waals surface area contributed by atoms with Crippen LogP contribution >= 0.6 is 0 Å². The maximum Gasteiger partial charge on any atom is 0.253 e. The van der Waals surface area contributed by atoms with Gasteiger partial charge in [-0.3, -0.25) is 14.4 Å². The number of likely N-dealkylation sites (N-methyl/N-ethyl adjacent to an activating group) is 1. The van der Waals surface area contributed by atoms with Crippen LogP contribution in [0.15, 0.2) is 54.0 Å². The molecular formula is C33H42N8O3. The Balaban J connectivity index is 1.38. The number of aryl methyl sites for hydroxylation is 2. The summed E-state index contributed by atoms with van der Waals surface area (Å²) >= 11 is 0. The van der Waals surface area contributed by atoms with E-state index in [1.165, 1.54) is 6.08 Å². The van der Waals surface area contributed by atoms with Gasteiger partial charge >= 0.3 is 0 Å². The number of hydrogen-bond acceptors (Lipinski definition) is 8. The number of nitrogens with one attached hydrogen (secondary N) is 4. The molecule has 2 fully saturated rings. The summed E-state index contributed by atoms with van der Waals surface area (Å²) in [7, 11) is 2.13.